The fourth-order valence-electron chi connectivity index (χ4n) is 1.71. The molecule has 0 aliphatic carbocycles. The van der Waals surface area contributed by atoms with Crippen molar-refractivity contribution in [2.75, 3.05) is 17.7 Å². The molecule has 0 unspecified atom stereocenters. The van der Waals surface area contributed by atoms with Crippen LogP contribution in [0.2, 0.25) is 10.0 Å². The molecule has 0 atom stereocenters. The summed E-state index contributed by atoms with van der Waals surface area (Å²) < 4.78 is 5.36. The molecule has 0 fully saturated rings. The number of nitrogen functional groups attached to an aromatic ring is 1. The van der Waals surface area contributed by atoms with E-state index in [4.69, 9.17) is 33.7 Å². The van der Waals surface area contributed by atoms with Gasteiger partial charge in [0, 0.05) is 22.5 Å². The van der Waals surface area contributed by atoms with Gasteiger partial charge in [-0.15, -0.1) is 0 Å². The third kappa shape index (κ3) is 4.03. The molecule has 0 aliphatic heterocycles. The number of hydrogen-bond donors (Lipinski definition) is 2. The number of amides is 1. The third-order valence-electron chi connectivity index (χ3n) is 2.90. The van der Waals surface area contributed by atoms with Crippen LogP contribution >= 0.6 is 23.2 Å². The lowest BCUT2D eigenvalue weighted by Gasteiger charge is -2.11. The van der Waals surface area contributed by atoms with Crippen LogP contribution in [-0.2, 0) is 4.79 Å². The van der Waals surface area contributed by atoms with Gasteiger partial charge in [0.2, 0.25) is 0 Å². The van der Waals surface area contributed by atoms with Gasteiger partial charge in [-0.25, -0.2) is 0 Å². The summed E-state index contributed by atoms with van der Waals surface area (Å²) in [6.45, 7) is 1.66. The van der Waals surface area contributed by atoms with Gasteiger partial charge in [-0.3, -0.25) is 4.79 Å². The first-order valence-corrected chi connectivity index (χ1v) is 6.96. The second-order valence-electron chi connectivity index (χ2n) is 4.43. The van der Waals surface area contributed by atoms with Crippen LogP contribution in [-0.4, -0.2) is 12.5 Å². The highest BCUT2D eigenvalue weighted by Crippen LogP contribution is 2.27. The van der Waals surface area contributed by atoms with Crippen LogP contribution in [0.1, 0.15) is 5.56 Å². The highest BCUT2D eigenvalue weighted by molar-refractivity contribution is 6.34. The summed E-state index contributed by atoms with van der Waals surface area (Å²) in [6, 6.07) is 10.1. The topological polar surface area (TPSA) is 64.3 Å². The SMILES string of the molecule is Cc1c(N)cccc1NC(=O)COc1cc(Cl)ccc1Cl. The maximum Gasteiger partial charge on any atom is 0.262 e. The summed E-state index contributed by atoms with van der Waals surface area (Å²) in [6.07, 6.45) is 0. The van der Waals surface area contributed by atoms with Gasteiger partial charge in [-0.1, -0.05) is 29.3 Å². The Hall–Kier alpha value is -1.91. The van der Waals surface area contributed by atoms with Gasteiger partial charge in [-0.05, 0) is 36.8 Å². The van der Waals surface area contributed by atoms with Gasteiger partial charge < -0.3 is 15.8 Å². The Bertz CT molecular complexity index is 675. The number of carbonyl (C=O) groups excluding carboxylic acids is 1. The minimum Gasteiger partial charge on any atom is -0.482 e. The summed E-state index contributed by atoms with van der Waals surface area (Å²) in [5, 5.41) is 3.62. The van der Waals surface area contributed by atoms with Crippen molar-refractivity contribution in [2.24, 2.45) is 0 Å². The number of carbonyl (C=O) groups is 1. The second kappa shape index (κ2) is 6.70. The quantitative estimate of drug-likeness (QED) is 0.838. The number of hydrogen-bond acceptors (Lipinski definition) is 3. The summed E-state index contributed by atoms with van der Waals surface area (Å²) >= 11 is 11.8. The lowest BCUT2D eigenvalue weighted by molar-refractivity contribution is -0.118. The largest absolute Gasteiger partial charge is 0.482 e. The average Bonchev–Trinajstić information content (AvgIpc) is 2.45. The van der Waals surface area contributed by atoms with Gasteiger partial charge >= 0.3 is 0 Å². The molecule has 2 aromatic carbocycles. The highest BCUT2D eigenvalue weighted by Gasteiger charge is 2.09. The summed E-state index contributed by atoms with van der Waals surface area (Å²) in [5.74, 6) is 0.0587. The maximum absolute atomic E-state index is 11.9. The number of rotatable bonds is 4. The molecule has 2 rings (SSSR count). The Morgan fingerprint density at radius 2 is 2.05 bits per heavy atom. The van der Waals surface area contributed by atoms with Crippen LogP contribution in [0.3, 0.4) is 0 Å². The normalized spacial score (nSPS) is 10.2. The predicted molar refractivity (Wildman–Crippen MR) is 86.2 cm³/mol. The number of nitrogens with one attached hydrogen (secondary N) is 1. The lowest BCUT2D eigenvalue weighted by atomic mass is 10.1. The molecule has 2 aromatic rings. The van der Waals surface area contributed by atoms with Gasteiger partial charge in [0.15, 0.2) is 6.61 Å². The van der Waals surface area contributed by atoms with E-state index in [1.165, 1.54) is 0 Å². The molecule has 4 nitrogen and oxygen atoms in total. The van der Waals surface area contributed by atoms with Crippen molar-refractivity contribution in [2.45, 2.75) is 6.92 Å². The van der Waals surface area contributed by atoms with Gasteiger partial charge in [-0.2, -0.15) is 0 Å². The van der Waals surface area contributed by atoms with E-state index in [9.17, 15) is 4.79 Å². The molecular weight excluding hydrogens is 311 g/mol. The molecule has 6 heteroatoms. The maximum atomic E-state index is 11.9. The molecule has 0 radical (unpaired) electrons. The van der Waals surface area contributed by atoms with Crippen molar-refractivity contribution < 1.29 is 9.53 Å². The first kappa shape index (κ1) is 15.5. The van der Waals surface area contributed by atoms with Gasteiger partial charge in [0.1, 0.15) is 5.75 Å². The molecular formula is C15H14Cl2N2O2. The Kier molecular flexibility index (Phi) is 4.94. The van der Waals surface area contributed by atoms with E-state index in [1.54, 1.807) is 36.4 Å². The zero-order valence-corrected chi connectivity index (χ0v) is 12.8. The van der Waals surface area contributed by atoms with Crippen LogP contribution in [0.15, 0.2) is 36.4 Å². The van der Waals surface area contributed by atoms with Crippen molar-refractivity contribution in [3.8, 4) is 5.75 Å². The summed E-state index contributed by atoms with van der Waals surface area (Å²) in [7, 11) is 0. The number of anilines is 2. The number of ether oxygens (including phenoxy) is 1. The van der Waals surface area contributed by atoms with Crippen LogP contribution in [0.5, 0.6) is 5.75 Å². The fraction of sp³-hybridized carbons (Fsp3) is 0.133. The van der Waals surface area contributed by atoms with Crippen molar-refractivity contribution in [1.82, 2.24) is 0 Å². The Labute approximate surface area is 132 Å². The molecule has 0 bridgehead atoms. The van der Waals surface area contributed by atoms with Crippen molar-refractivity contribution in [3.05, 3.63) is 52.0 Å². The molecule has 110 valence electrons. The van der Waals surface area contributed by atoms with Crippen molar-refractivity contribution >= 4 is 40.5 Å². The van der Waals surface area contributed by atoms with Crippen LogP contribution in [0.4, 0.5) is 11.4 Å². The van der Waals surface area contributed by atoms with Crippen LogP contribution in [0, 0.1) is 6.92 Å². The fourth-order valence-corrected chi connectivity index (χ4v) is 2.04. The van der Waals surface area contributed by atoms with Gasteiger partial charge in [0.25, 0.3) is 5.91 Å². The lowest BCUT2D eigenvalue weighted by Crippen LogP contribution is -2.21. The monoisotopic (exact) mass is 324 g/mol. The van der Waals surface area contributed by atoms with E-state index in [-0.39, 0.29) is 12.5 Å². The van der Waals surface area contributed by atoms with E-state index in [1.807, 2.05) is 6.92 Å². The molecule has 0 saturated heterocycles. The number of benzene rings is 2. The van der Waals surface area contributed by atoms with Crippen LogP contribution < -0.4 is 15.8 Å². The van der Waals surface area contributed by atoms with Crippen LogP contribution in [0.25, 0.3) is 0 Å². The summed E-state index contributed by atoms with van der Waals surface area (Å²) in [4.78, 5) is 11.9. The standard InChI is InChI=1S/C15H14Cl2N2O2/c1-9-12(18)3-2-4-13(9)19-15(20)8-21-14-7-10(16)5-6-11(14)17/h2-7H,8,18H2,1H3,(H,19,20). The van der Waals surface area contributed by atoms with Crippen molar-refractivity contribution in [3.63, 3.8) is 0 Å². The molecule has 0 heterocycles. The smallest absolute Gasteiger partial charge is 0.262 e. The Balaban J connectivity index is 1.99. The number of halogens is 2. The molecule has 0 saturated carbocycles. The minimum atomic E-state index is -0.306. The van der Waals surface area contributed by atoms with E-state index >= 15 is 0 Å². The average molecular weight is 325 g/mol. The Morgan fingerprint density at radius 3 is 2.81 bits per heavy atom. The van der Waals surface area contributed by atoms with Crippen molar-refractivity contribution in [1.29, 1.82) is 0 Å². The highest BCUT2D eigenvalue weighted by atomic mass is 35.5. The van der Waals surface area contributed by atoms with E-state index in [0.717, 1.165) is 5.56 Å². The second-order valence-corrected chi connectivity index (χ2v) is 5.28. The zero-order valence-electron chi connectivity index (χ0n) is 11.3. The van der Waals surface area contributed by atoms with E-state index < -0.39 is 0 Å². The van der Waals surface area contributed by atoms with E-state index in [0.29, 0.717) is 27.2 Å². The van der Waals surface area contributed by atoms with Gasteiger partial charge in [0.05, 0.1) is 5.02 Å². The Morgan fingerprint density at radius 1 is 1.29 bits per heavy atom. The zero-order chi connectivity index (χ0) is 15.4. The molecule has 0 aliphatic rings. The summed E-state index contributed by atoms with van der Waals surface area (Å²) in [5.41, 5.74) is 7.87. The third-order valence-corrected chi connectivity index (χ3v) is 3.45. The molecule has 21 heavy (non-hydrogen) atoms. The molecule has 0 spiro atoms. The first-order valence-electron chi connectivity index (χ1n) is 6.20. The molecule has 1 amide bonds. The first-order chi connectivity index (χ1) is 9.97. The van der Waals surface area contributed by atoms with E-state index in [2.05, 4.69) is 5.32 Å². The number of nitrogens with two attached hydrogens (primary N) is 1. The molecule has 3 N–H and O–H groups in total. The minimum absolute atomic E-state index is 0.172. The molecule has 0 aromatic heterocycles. The predicted octanol–water partition coefficient (Wildman–Crippen LogP) is 3.90.